The Morgan fingerprint density at radius 2 is 1.85 bits per heavy atom. The average Bonchev–Trinajstić information content (AvgIpc) is 2.80. The highest BCUT2D eigenvalue weighted by Gasteiger charge is 2.31. The number of nitrogens with one attached hydrogen (secondary N) is 1. The molecule has 1 aliphatic carbocycles. The van der Waals surface area contributed by atoms with Crippen LogP contribution in [0.4, 0.5) is 0 Å². The van der Waals surface area contributed by atoms with Crippen LogP contribution >= 0.6 is 11.6 Å². The second-order valence-electron chi connectivity index (χ2n) is 5.49. The molecule has 0 fully saturated rings. The van der Waals surface area contributed by atoms with Crippen LogP contribution in [0.25, 0.3) is 0 Å². The van der Waals surface area contributed by atoms with E-state index in [9.17, 15) is 0 Å². The van der Waals surface area contributed by atoms with Gasteiger partial charge in [-0.05, 0) is 48.1 Å². The molecule has 0 bridgehead atoms. The van der Waals surface area contributed by atoms with Crippen LogP contribution in [0.5, 0.6) is 0 Å². The monoisotopic (exact) mass is 285 g/mol. The first-order valence-electron chi connectivity index (χ1n) is 7.34. The summed E-state index contributed by atoms with van der Waals surface area (Å²) in [5.74, 6) is 0.590. The molecule has 0 aliphatic heterocycles. The lowest BCUT2D eigenvalue weighted by molar-refractivity contribution is 0.394. The smallest absolute Gasteiger partial charge is 0.0438 e. The molecule has 20 heavy (non-hydrogen) atoms. The van der Waals surface area contributed by atoms with Crippen LogP contribution in [0, 0.1) is 5.92 Å². The van der Waals surface area contributed by atoms with E-state index in [-0.39, 0.29) is 0 Å². The zero-order valence-corrected chi connectivity index (χ0v) is 12.5. The van der Waals surface area contributed by atoms with E-state index in [0.717, 1.165) is 24.4 Å². The van der Waals surface area contributed by atoms with Gasteiger partial charge in [0, 0.05) is 11.1 Å². The Morgan fingerprint density at radius 1 is 1.10 bits per heavy atom. The summed E-state index contributed by atoms with van der Waals surface area (Å²) in [4.78, 5) is 0. The first-order chi connectivity index (χ1) is 9.79. The van der Waals surface area contributed by atoms with Crippen molar-refractivity contribution >= 4 is 11.6 Å². The van der Waals surface area contributed by atoms with Crippen LogP contribution < -0.4 is 5.32 Å². The molecule has 0 saturated heterocycles. The Morgan fingerprint density at radius 3 is 2.65 bits per heavy atom. The molecule has 1 N–H and O–H groups in total. The maximum absolute atomic E-state index is 6.32. The SMILES string of the molecule is CCNC1c2ccccc2CC1Cc1ccccc1Cl. The van der Waals surface area contributed by atoms with E-state index in [1.165, 1.54) is 16.7 Å². The second kappa shape index (κ2) is 5.99. The normalized spacial score (nSPS) is 20.9. The molecule has 2 atom stereocenters. The van der Waals surface area contributed by atoms with E-state index in [0.29, 0.717) is 12.0 Å². The molecule has 1 aliphatic rings. The molecular weight excluding hydrogens is 266 g/mol. The average molecular weight is 286 g/mol. The molecule has 2 aromatic rings. The van der Waals surface area contributed by atoms with Gasteiger partial charge in [0.2, 0.25) is 0 Å². The Balaban J connectivity index is 1.85. The van der Waals surface area contributed by atoms with Crippen LogP contribution in [0.2, 0.25) is 5.02 Å². The van der Waals surface area contributed by atoms with Gasteiger partial charge in [0.05, 0.1) is 0 Å². The summed E-state index contributed by atoms with van der Waals surface area (Å²) in [6, 6.07) is 17.5. The lowest BCUT2D eigenvalue weighted by Crippen LogP contribution is -2.26. The van der Waals surface area contributed by atoms with Gasteiger partial charge in [0.1, 0.15) is 0 Å². The number of halogens is 1. The molecule has 0 heterocycles. The third-order valence-electron chi connectivity index (χ3n) is 4.21. The number of hydrogen-bond acceptors (Lipinski definition) is 1. The summed E-state index contributed by atoms with van der Waals surface area (Å²) < 4.78 is 0. The summed E-state index contributed by atoms with van der Waals surface area (Å²) in [7, 11) is 0. The largest absolute Gasteiger partial charge is 0.310 e. The number of benzene rings is 2. The van der Waals surface area contributed by atoms with Gasteiger partial charge in [-0.15, -0.1) is 0 Å². The summed E-state index contributed by atoms with van der Waals surface area (Å²) in [5, 5.41) is 4.54. The minimum Gasteiger partial charge on any atom is -0.310 e. The highest BCUT2D eigenvalue weighted by atomic mass is 35.5. The summed E-state index contributed by atoms with van der Waals surface area (Å²) in [6.45, 7) is 3.17. The third-order valence-corrected chi connectivity index (χ3v) is 4.58. The van der Waals surface area contributed by atoms with Crippen molar-refractivity contribution in [2.45, 2.75) is 25.8 Å². The number of hydrogen-bond donors (Lipinski definition) is 1. The van der Waals surface area contributed by atoms with Crippen molar-refractivity contribution in [3.8, 4) is 0 Å². The van der Waals surface area contributed by atoms with Crippen molar-refractivity contribution in [1.29, 1.82) is 0 Å². The van der Waals surface area contributed by atoms with Crippen LogP contribution in [0.15, 0.2) is 48.5 Å². The molecule has 0 spiro atoms. The predicted molar refractivity (Wildman–Crippen MR) is 85.2 cm³/mol. The maximum atomic E-state index is 6.32. The van der Waals surface area contributed by atoms with Gasteiger partial charge < -0.3 is 5.32 Å². The minimum atomic E-state index is 0.451. The fraction of sp³-hybridized carbons (Fsp3) is 0.333. The lowest BCUT2D eigenvalue weighted by atomic mass is 9.92. The summed E-state index contributed by atoms with van der Waals surface area (Å²) in [6.07, 6.45) is 2.17. The van der Waals surface area contributed by atoms with E-state index in [1.54, 1.807) is 0 Å². The second-order valence-corrected chi connectivity index (χ2v) is 5.90. The van der Waals surface area contributed by atoms with Crippen LogP contribution in [0.3, 0.4) is 0 Å². The zero-order chi connectivity index (χ0) is 13.9. The number of fused-ring (bicyclic) bond motifs is 1. The highest BCUT2D eigenvalue weighted by Crippen LogP contribution is 2.38. The van der Waals surface area contributed by atoms with Crippen molar-refractivity contribution < 1.29 is 0 Å². The lowest BCUT2D eigenvalue weighted by Gasteiger charge is -2.22. The Bertz CT molecular complexity index is 593. The van der Waals surface area contributed by atoms with Gasteiger partial charge in [-0.2, -0.15) is 0 Å². The van der Waals surface area contributed by atoms with Crippen molar-refractivity contribution in [1.82, 2.24) is 5.32 Å². The molecule has 2 aromatic carbocycles. The molecule has 0 saturated carbocycles. The van der Waals surface area contributed by atoms with Gasteiger partial charge >= 0.3 is 0 Å². The molecule has 3 rings (SSSR count). The predicted octanol–water partition coefficient (Wildman–Crippen LogP) is 4.41. The fourth-order valence-electron chi connectivity index (χ4n) is 3.31. The molecule has 0 amide bonds. The van der Waals surface area contributed by atoms with Gasteiger partial charge in [0.15, 0.2) is 0 Å². The molecule has 0 radical (unpaired) electrons. The summed E-state index contributed by atoms with van der Waals surface area (Å²) >= 11 is 6.32. The molecule has 104 valence electrons. The van der Waals surface area contributed by atoms with Crippen LogP contribution in [-0.2, 0) is 12.8 Å². The van der Waals surface area contributed by atoms with Crippen LogP contribution in [-0.4, -0.2) is 6.54 Å². The quantitative estimate of drug-likeness (QED) is 0.878. The van der Waals surface area contributed by atoms with E-state index >= 15 is 0 Å². The summed E-state index contributed by atoms with van der Waals surface area (Å²) in [5.41, 5.74) is 4.21. The van der Waals surface area contributed by atoms with Crippen molar-refractivity contribution in [2.24, 2.45) is 5.92 Å². The highest BCUT2D eigenvalue weighted by molar-refractivity contribution is 6.31. The first-order valence-corrected chi connectivity index (χ1v) is 7.72. The van der Waals surface area contributed by atoms with Gasteiger partial charge in [-0.1, -0.05) is 61.0 Å². The van der Waals surface area contributed by atoms with Crippen molar-refractivity contribution in [2.75, 3.05) is 6.54 Å². The van der Waals surface area contributed by atoms with E-state index < -0.39 is 0 Å². The molecule has 2 unspecified atom stereocenters. The standard InChI is InChI=1S/C18H20ClN/c1-2-20-18-15(11-13-7-3-5-9-16(13)18)12-14-8-4-6-10-17(14)19/h3-10,15,18,20H,2,11-12H2,1H3. The molecule has 0 aromatic heterocycles. The topological polar surface area (TPSA) is 12.0 Å². The van der Waals surface area contributed by atoms with Crippen molar-refractivity contribution in [3.05, 3.63) is 70.2 Å². The zero-order valence-electron chi connectivity index (χ0n) is 11.8. The maximum Gasteiger partial charge on any atom is 0.0438 e. The Labute approximate surface area is 126 Å². The molecule has 2 heteroatoms. The van der Waals surface area contributed by atoms with Gasteiger partial charge in [-0.3, -0.25) is 0 Å². The molecular formula is C18H20ClN. The van der Waals surface area contributed by atoms with E-state index in [4.69, 9.17) is 11.6 Å². The van der Waals surface area contributed by atoms with E-state index in [1.807, 2.05) is 12.1 Å². The Hall–Kier alpha value is -1.31. The fourth-order valence-corrected chi connectivity index (χ4v) is 3.52. The van der Waals surface area contributed by atoms with Crippen LogP contribution in [0.1, 0.15) is 29.7 Å². The first kappa shape index (κ1) is 13.7. The van der Waals surface area contributed by atoms with Crippen molar-refractivity contribution in [3.63, 3.8) is 0 Å². The third kappa shape index (κ3) is 2.61. The van der Waals surface area contributed by atoms with Gasteiger partial charge in [0.25, 0.3) is 0 Å². The minimum absolute atomic E-state index is 0.451. The Kier molecular flexibility index (Phi) is 4.09. The number of rotatable bonds is 4. The van der Waals surface area contributed by atoms with E-state index in [2.05, 4.69) is 48.6 Å². The molecule has 1 nitrogen and oxygen atoms in total. The van der Waals surface area contributed by atoms with Gasteiger partial charge in [-0.25, -0.2) is 0 Å².